The summed E-state index contributed by atoms with van der Waals surface area (Å²) in [5, 5.41) is 24.2. The third-order valence-corrected chi connectivity index (χ3v) is 9.00. The number of ether oxygens (including phenoxy) is 3. The molecule has 3 heterocycles. The summed E-state index contributed by atoms with van der Waals surface area (Å²) in [6.45, 7) is 1.23. The Morgan fingerprint density at radius 1 is 0.860 bits per heavy atom. The number of amides is 1. The van der Waals surface area contributed by atoms with Crippen molar-refractivity contribution in [1.29, 1.82) is 0 Å². The van der Waals surface area contributed by atoms with Gasteiger partial charge in [0.2, 0.25) is 0 Å². The molecule has 1 aliphatic rings. The SMILES string of the molecule is O=C(CO)C1=C(COCc2cn(CCOCCOCCNC(=O)c3ccc(C(=O)c4ccccc4)cc3)nn2)NC(c2ccncc2)=NC1c1ccc(F)cc1Cl. The number of hydrogen-bond acceptors (Lipinski definition) is 12. The Kier molecular flexibility index (Phi) is 14.5. The zero-order chi connectivity index (χ0) is 40.0. The van der Waals surface area contributed by atoms with Gasteiger partial charge in [-0.3, -0.25) is 24.4 Å². The molecular formula is C41H39ClFN7O7. The molecule has 0 fully saturated rings. The topological polar surface area (TPSA) is 179 Å². The first-order valence-electron chi connectivity index (χ1n) is 18.0. The number of benzene rings is 3. The fraction of sp³-hybridized carbons (Fsp3) is 0.244. The van der Waals surface area contributed by atoms with Crippen molar-refractivity contribution in [3.05, 3.63) is 159 Å². The average molecular weight is 796 g/mol. The normalized spacial score (nSPS) is 13.9. The van der Waals surface area contributed by atoms with Gasteiger partial charge in [0.15, 0.2) is 11.6 Å². The quantitative estimate of drug-likeness (QED) is 0.0757. The second-order valence-corrected chi connectivity index (χ2v) is 13.0. The van der Waals surface area contributed by atoms with Crippen LogP contribution in [0.2, 0.25) is 5.02 Å². The Balaban J connectivity index is 0.915. The predicted octanol–water partition coefficient (Wildman–Crippen LogP) is 4.28. The molecule has 57 heavy (non-hydrogen) atoms. The number of rotatable bonds is 20. The smallest absolute Gasteiger partial charge is 0.251 e. The van der Waals surface area contributed by atoms with Gasteiger partial charge in [0.1, 0.15) is 30.0 Å². The molecule has 0 spiro atoms. The van der Waals surface area contributed by atoms with Crippen LogP contribution in [0.5, 0.6) is 0 Å². The summed E-state index contributed by atoms with van der Waals surface area (Å²) >= 11 is 6.41. The van der Waals surface area contributed by atoms with E-state index in [9.17, 15) is 23.9 Å². The maximum absolute atomic E-state index is 13.9. The van der Waals surface area contributed by atoms with Gasteiger partial charge in [-0.1, -0.05) is 65.3 Å². The third kappa shape index (κ3) is 11.1. The highest BCUT2D eigenvalue weighted by Gasteiger charge is 2.32. The van der Waals surface area contributed by atoms with Crippen molar-refractivity contribution in [2.75, 3.05) is 46.2 Å². The van der Waals surface area contributed by atoms with Gasteiger partial charge < -0.3 is 30.0 Å². The standard InChI is InChI=1S/C41H39ClFN7O7/c42-34-22-31(43)10-11-33(34)38-37(36(52)24-51)35(46-40(47-38)29-12-14-44-15-13-29)26-57-25-32-23-50(49-48-32)17-19-56-21-20-55-18-16-45-41(54)30-8-6-28(7-9-30)39(53)27-4-2-1-3-5-27/h1-15,22-23,38,51H,16-21,24-26H2,(H,45,54)(H,46,47). The van der Waals surface area contributed by atoms with E-state index in [1.165, 1.54) is 12.1 Å². The van der Waals surface area contributed by atoms with E-state index in [-0.39, 0.29) is 35.5 Å². The lowest BCUT2D eigenvalue weighted by Crippen LogP contribution is -2.36. The van der Waals surface area contributed by atoms with Crippen LogP contribution >= 0.6 is 11.6 Å². The van der Waals surface area contributed by atoms with Crippen molar-refractivity contribution >= 4 is 34.9 Å². The number of aliphatic imine (C=N–C) groups is 1. The molecule has 2 aromatic heterocycles. The largest absolute Gasteiger partial charge is 0.388 e. The zero-order valence-electron chi connectivity index (χ0n) is 30.6. The summed E-state index contributed by atoms with van der Waals surface area (Å²) in [6, 6.07) is 21.9. The van der Waals surface area contributed by atoms with E-state index in [0.717, 1.165) is 6.07 Å². The number of ketones is 2. The second kappa shape index (κ2) is 20.3. The first-order valence-corrected chi connectivity index (χ1v) is 18.4. The average Bonchev–Trinajstić information content (AvgIpc) is 3.70. The van der Waals surface area contributed by atoms with Crippen molar-refractivity contribution in [2.45, 2.75) is 19.2 Å². The number of aliphatic hydroxyl groups is 1. The molecule has 0 saturated carbocycles. The molecule has 0 aliphatic carbocycles. The number of pyridine rings is 1. The van der Waals surface area contributed by atoms with Gasteiger partial charge in [-0.05, 0) is 36.4 Å². The van der Waals surface area contributed by atoms with E-state index in [1.807, 2.05) is 6.07 Å². The van der Waals surface area contributed by atoms with E-state index in [0.29, 0.717) is 84.6 Å². The highest BCUT2D eigenvalue weighted by atomic mass is 35.5. The van der Waals surface area contributed by atoms with Gasteiger partial charge in [0.25, 0.3) is 5.91 Å². The molecular weight excluding hydrogens is 757 g/mol. The number of hydrogen-bond donors (Lipinski definition) is 3. The molecule has 5 aromatic rings. The van der Waals surface area contributed by atoms with Gasteiger partial charge in [0.05, 0.1) is 58.1 Å². The number of amidine groups is 1. The Morgan fingerprint density at radius 3 is 2.32 bits per heavy atom. The monoisotopic (exact) mass is 795 g/mol. The van der Waals surface area contributed by atoms with E-state index in [4.69, 9.17) is 30.8 Å². The Bertz CT molecular complexity index is 2220. The van der Waals surface area contributed by atoms with Gasteiger partial charge in [0, 0.05) is 57.4 Å². The predicted molar refractivity (Wildman–Crippen MR) is 207 cm³/mol. The molecule has 14 nitrogen and oxygen atoms in total. The number of halogens is 2. The number of nitrogens with zero attached hydrogens (tertiary/aromatic N) is 5. The summed E-state index contributed by atoms with van der Waals surface area (Å²) in [6.07, 6.45) is 4.91. The number of aliphatic hydroxyl groups excluding tert-OH is 1. The molecule has 294 valence electrons. The minimum absolute atomic E-state index is 0.0555. The van der Waals surface area contributed by atoms with Crippen LogP contribution in [0.25, 0.3) is 0 Å². The third-order valence-electron chi connectivity index (χ3n) is 8.68. The van der Waals surface area contributed by atoms with E-state index in [1.54, 1.807) is 83.9 Å². The van der Waals surface area contributed by atoms with Crippen LogP contribution in [0, 0.1) is 5.82 Å². The maximum atomic E-state index is 13.9. The van der Waals surface area contributed by atoms with Gasteiger partial charge >= 0.3 is 0 Å². The van der Waals surface area contributed by atoms with E-state index >= 15 is 0 Å². The minimum Gasteiger partial charge on any atom is -0.388 e. The van der Waals surface area contributed by atoms with Crippen LogP contribution in [0.4, 0.5) is 4.39 Å². The van der Waals surface area contributed by atoms with E-state index < -0.39 is 24.2 Å². The lowest BCUT2D eigenvalue weighted by molar-refractivity contribution is -0.118. The molecule has 1 aliphatic heterocycles. The summed E-state index contributed by atoms with van der Waals surface area (Å²) in [7, 11) is 0. The summed E-state index contributed by atoms with van der Waals surface area (Å²) < 4.78 is 32.7. The van der Waals surface area contributed by atoms with Crippen molar-refractivity contribution in [3.63, 3.8) is 0 Å². The second-order valence-electron chi connectivity index (χ2n) is 12.6. The van der Waals surface area contributed by atoms with Crippen LogP contribution in [-0.4, -0.2) is 94.6 Å². The lowest BCUT2D eigenvalue weighted by Gasteiger charge is -2.28. The first-order chi connectivity index (χ1) is 27.8. The number of nitrogens with one attached hydrogen (secondary N) is 2. The van der Waals surface area contributed by atoms with Crippen LogP contribution in [0.15, 0.2) is 120 Å². The zero-order valence-corrected chi connectivity index (χ0v) is 31.4. The van der Waals surface area contributed by atoms with Crippen molar-refractivity contribution in [1.82, 2.24) is 30.6 Å². The molecule has 16 heteroatoms. The number of aromatic nitrogens is 4. The van der Waals surface area contributed by atoms with Crippen LogP contribution in [0.3, 0.4) is 0 Å². The van der Waals surface area contributed by atoms with Crippen molar-refractivity contribution in [3.8, 4) is 0 Å². The van der Waals surface area contributed by atoms with Crippen LogP contribution in [0.1, 0.15) is 49.1 Å². The van der Waals surface area contributed by atoms with Crippen LogP contribution < -0.4 is 10.6 Å². The molecule has 1 unspecified atom stereocenters. The van der Waals surface area contributed by atoms with Gasteiger partial charge in [-0.15, -0.1) is 5.10 Å². The Hall–Kier alpha value is -5.97. The minimum atomic E-state index is -0.942. The Labute approximate surface area is 332 Å². The lowest BCUT2D eigenvalue weighted by atomic mass is 9.92. The molecule has 1 amide bonds. The highest BCUT2D eigenvalue weighted by Crippen LogP contribution is 2.36. The molecule has 0 radical (unpaired) electrons. The summed E-state index contributed by atoms with van der Waals surface area (Å²) in [4.78, 5) is 46.9. The van der Waals surface area contributed by atoms with Crippen molar-refractivity contribution < 1.29 is 38.1 Å². The van der Waals surface area contributed by atoms with Gasteiger partial charge in [-0.2, -0.15) is 0 Å². The Morgan fingerprint density at radius 2 is 1.58 bits per heavy atom. The molecule has 0 saturated heterocycles. The molecule has 3 aromatic carbocycles. The fourth-order valence-electron chi connectivity index (χ4n) is 5.85. The summed E-state index contributed by atoms with van der Waals surface area (Å²) in [5.74, 6) is -1.09. The molecule has 1 atom stereocenters. The number of carbonyl (C=O) groups excluding carboxylic acids is 3. The molecule has 0 bridgehead atoms. The first kappa shape index (κ1) is 40.7. The maximum Gasteiger partial charge on any atom is 0.251 e. The molecule has 6 rings (SSSR count). The van der Waals surface area contributed by atoms with Crippen LogP contribution in [-0.2, 0) is 32.2 Å². The highest BCUT2D eigenvalue weighted by molar-refractivity contribution is 6.31. The van der Waals surface area contributed by atoms with Gasteiger partial charge in [-0.25, -0.2) is 9.07 Å². The number of carbonyl (C=O) groups is 3. The van der Waals surface area contributed by atoms with E-state index in [2.05, 4.69) is 25.9 Å². The number of Topliss-reactive ketones (excluding diaryl/α,β-unsaturated/α-hetero) is 1. The fourth-order valence-corrected chi connectivity index (χ4v) is 6.12. The molecule has 3 N–H and O–H groups in total. The van der Waals surface area contributed by atoms with Crippen molar-refractivity contribution in [2.24, 2.45) is 4.99 Å². The summed E-state index contributed by atoms with van der Waals surface area (Å²) in [5.41, 5.74) is 3.63.